The molecule has 1 aromatic carbocycles. The SMILES string of the molecule is CCOc1cccc(C=O)c1OCC(=O)NCC1CC1. The molecule has 1 fully saturated rings. The lowest BCUT2D eigenvalue weighted by Crippen LogP contribution is -2.30. The highest BCUT2D eigenvalue weighted by Gasteiger charge is 2.21. The normalized spacial score (nSPS) is 13.7. The zero-order valence-corrected chi connectivity index (χ0v) is 11.6. The standard InChI is InChI=1S/C15H19NO4/c1-2-19-13-5-3-4-12(9-17)15(13)20-10-14(18)16-8-11-6-7-11/h3-5,9,11H,2,6-8,10H2,1H3,(H,16,18). The van der Waals surface area contributed by atoms with Crippen LogP contribution in [0.5, 0.6) is 11.5 Å². The largest absolute Gasteiger partial charge is 0.490 e. The summed E-state index contributed by atoms with van der Waals surface area (Å²) in [5.74, 6) is 1.25. The zero-order valence-electron chi connectivity index (χ0n) is 11.6. The summed E-state index contributed by atoms with van der Waals surface area (Å²) in [6.45, 7) is 2.90. The summed E-state index contributed by atoms with van der Waals surface area (Å²) in [7, 11) is 0. The van der Waals surface area contributed by atoms with Gasteiger partial charge in [0, 0.05) is 6.54 Å². The number of aldehydes is 1. The number of carbonyl (C=O) groups excluding carboxylic acids is 2. The molecule has 1 N–H and O–H groups in total. The van der Waals surface area contributed by atoms with Gasteiger partial charge >= 0.3 is 0 Å². The Morgan fingerprint density at radius 1 is 1.40 bits per heavy atom. The van der Waals surface area contributed by atoms with Crippen molar-refractivity contribution in [3.05, 3.63) is 23.8 Å². The first kappa shape index (κ1) is 14.4. The molecule has 1 amide bonds. The minimum atomic E-state index is -0.181. The van der Waals surface area contributed by atoms with Crippen LogP contribution in [-0.4, -0.2) is 32.0 Å². The number of amides is 1. The molecule has 0 unspecified atom stereocenters. The van der Waals surface area contributed by atoms with Gasteiger partial charge in [-0.1, -0.05) is 6.07 Å². The number of ether oxygens (including phenoxy) is 2. The van der Waals surface area contributed by atoms with Crippen molar-refractivity contribution in [1.29, 1.82) is 0 Å². The first-order valence-corrected chi connectivity index (χ1v) is 6.85. The van der Waals surface area contributed by atoms with Crippen molar-refractivity contribution in [2.45, 2.75) is 19.8 Å². The van der Waals surface area contributed by atoms with Gasteiger partial charge in [0.15, 0.2) is 24.4 Å². The van der Waals surface area contributed by atoms with E-state index >= 15 is 0 Å². The van der Waals surface area contributed by atoms with Crippen LogP contribution in [0.2, 0.25) is 0 Å². The number of rotatable bonds is 8. The third-order valence-corrected chi connectivity index (χ3v) is 3.07. The summed E-state index contributed by atoms with van der Waals surface area (Å²) < 4.78 is 10.9. The molecule has 108 valence electrons. The molecular weight excluding hydrogens is 258 g/mol. The second-order valence-corrected chi connectivity index (χ2v) is 4.76. The third kappa shape index (κ3) is 3.98. The van der Waals surface area contributed by atoms with Crippen molar-refractivity contribution in [3.8, 4) is 11.5 Å². The van der Waals surface area contributed by atoms with Crippen LogP contribution in [0.4, 0.5) is 0 Å². The molecule has 0 radical (unpaired) electrons. The van der Waals surface area contributed by atoms with E-state index < -0.39 is 0 Å². The molecule has 2 rings (SSSR count). The molecule has 0 heterocycles. The van der Waals surface area contributed by atoms with Crippen molar-refractivity contribution in [2.24, 2.45) is 5.92 Å². The van der Waals surface area contributed by atoms with Gasteiger partial charge in [-0.15, -0.1) is 0 Å². The summed E-state index contributed by atoms with van der Waals surface area (Å²) in [5.41, 5.74) is 0.381. The third-order valence-electron chi connectivity index (χ3n) is 3.07. The average molecular weight is 277 g/mol. The van der Waals surface area contributed by atoms with Crippen LogP contribution in [0.3, 0.4) is 0 Å². The smallest absolute Gasteiger partial charge is 0.257 e. The van der Waals surface area contributed by atoms with E-state index in [0.29, 0.717) is 42.4 Å². The van der Waals surface area contributed by atoms with Gasteiger partial charge < -0.3 is 14.8 Å². The van der Waals surface area contributed by atoms with Gasteiger partial charge in [0.05, 0.1) is 12.2 Å². The molecular formula is C15H19NO4. The average Bonchev–Trinajstić information content (AvgIpc) is 3.28. The number of para-hydroxylation sites is 1. The highest BCUT2D eigenvalue weighted by atomic mass is 16.5. The minimum Gasteiger partial charge on any atom is -0.490 e. The van der Waals surface area contributed by atoms with E-state index in [2.05, 4.69) is 5.32 Å². The minimum absolute atomic E-state index is 0.113. The Morgan fingerprint density at radius 3 is 2.85 bits per heavy atom. The summed E-state index contributed by atoms with van der Waals surface area (Å²) >= 11 is 0. The topological polar surface area (TPSA) is 64.6 Å². The van der Waals surface area contributed by atoms with Gasteiger partial charge in [0.1, 0.15) is 0 Å². The number of benzene rings is 1. The summed E-state index contributed by atoms with van der Waals surface area (Å²) in [5, 5.41) is 2.81. The Hall–Kier alpha value is -2.04. The fourth-order valence-electron chi connectivity index (χ4n) is 1.82. The van der Waals surface area contributed by atoms with E-state index in [1.807, 2.05) is 6.92 Å². The van der Waals surface area contributed by atoms with Crippen LogP contribution < -0.4 is 14.8 Å². The maximum atomic E-state index is 11.7. The van der Waals surface area contributed by atoms with Crippen molar-refractivity contribution in [1.82, 2.24) is 5.32 Å². The molecule has 1 aliphatic carbocycles. The lowest BCUT2D eigenvalue weighted by molar-refractivity contribution is -0.123. The number of hydrogen-bond acceptors (Lipinski definition) is 4. The monoisotopic (exact) mass is 277 g/mol. The molecule has 1 aromatic rings. The number of hydrogen-bond donors (Lipinski definition) is 1. The number of nitrogens with one attached hydrogen (secondary N) is 1. The molecule has 1 aliphatic rings. The van der Waals surface area contributed by atoms with E-state index in [-0.39, 0.29) is 12.5 Å². The highest BCUT2D eigenvalue weighted by molar-refractivity contribution is 5.82. The lowest BCUT2D eigenvalue weighted by atomic mass is 10.2. The maximum absolute atomic E-state index is 11.7. The fraction of sp³-hybridized carbons (Fsp3) is 0.467. The van der Waals surface area contributed by atoms with E-state index in [0.717, 1.165) is 0 Å². The van der Waals surface area contributed by atoms with Gasteiger partial charge in [-0.2, -0.15) is 0 Å². The first-order valence-electron chi connectivity index (χ1n) is 6.85. The van der Waals surface area contributed by atoms with Crippen LogP contribution in [0.25, 0.3) is 0 Å². The van der Waals surface area contributed by atoms with Crippen LogP contribution in [-0.2, 0) is 4.79 Å². The first-order chi connectivity index (χ1) is 9.74. The van der Waals surface area contributed by atoms with E-state index in [9.17, 15) is 9.59 Å². The Kier molecular flexibility index (Phi) is 4.98. The van der Waals surface area contributed by atoms with E-state index in [1.54, 1.807) is 18.2 Å². The Bertz CT molecular complexity index is 483. The van der Waals surface area contributed by atoms with Gasteiger partial charge in [0.25, 0.3) is 5.91 Å². The molecule has 5 heteroatoms. The summed E-state index contributed by atoms with van der Waals surface area (Å²) in [4.78, 5) is 22.7. The fourth-order valence-corrected chi connectivity index (χ4v) is 1.82. The highest BCUT2D eigenvalue weighted by Crippen LogP contribution is 2.30. The molecule has 20 heavy (non-hydrogen) atoms. The Balaban J connectivity index is 1.95. The van der Waals surface area contributed by atoms with Crippen LogP contribution in [0.15, 0.2) is 18.2 Å². The number of carbonyl (C=O) groups is 2. The van der Waals surface area contributed by atoms with Crippen molar-refractivity contribution >= 4 is 12.2 Å². The molecule has 1 saturated carbocycles. The second-order valence-electron chi connectivity index (χ2n) is 4.76. The predicted molar refractivity (Wildman–Crippen MR) is 74.2 cm³/mol. The van der Waals surface area contributed by atoms with E-state index in [4.69, 9.17) is 9.47 Å². The van der Waals surface area contributed by atoms with Gasteiger partial charge in [0.2, 0.25) is 0 Å². The summed E-state index contributed by atoms with van der Waals surface area (Å²) in [6, 6.07) is 5.07. The Labute approximate surface area is 118 Å². The van der Waals surface area contributed by atoms with Crippen molar-refractivity contribution in [2.75, 3.05) is 19.8 Å². The van der Waals surface area contributed by atoms with Crippen LogP contribution in [0, 0.1) is 5.92 Å². The quantitative estimate of drug-likeness (QED) is 0.736. The molecule has 0 bridgehead atoms. The molecule has 5 nitrogen and oxygen atoms in total. The molecule has 0 atom stereocenters. The van der Waals surface area contributed by atoms with Crippen LogP contribution in [0.1, 0.15) is 30.1 Å². The van der Waals surface area contributed by atoms with Gasteiger partial charge in [-0.25, -0.2) is 0 Å². The molecule has 0 aliphatic heterocycles. The molecule has 0 aromatic heterocycles. The molecule has 0 saturated heterocycles. The van der Waals surface area contributed by atoms with Crippen LogP contribution >= 0.6 is 0 Å². The molecule has 0 spiro atoms. The lowest BCUT2D eigenvalue weighted by Gasteiger charge is -2.13. The predicted octanol–water partition coefficient (Wildman–Crippen LogP) is 1.80. The Morgan fingerprint density at radius 2 is 2.20 bits per heavy atom. The van der Waals surface area contributed by atoms with Gasteiger partial charge in [-0.3, -0.25) is 9.59 Å². The van der Waals surface area contributed by atoms with Crippen molar-refractivity contribution in [3.63, 3.8) is 0 Å². The maximum Gasteiger partial charge on any atom is 0.257 e. The van der Waals surface area contributed by atoms with Gasteiger partial charge in [-0.05, 0) is 37.8 Å². The second kappa shape index (κ2) is 6.93. The van der Waals surface area contributed by atoms with E-state index in [1.165, 1.54) is 12.8 Å². The van der Waals surface area contributed by atoms with Crippen molar-refractivity contribution < 1.29 is 19.1 Å². The zero-order chi connectivity index (χ0) is 14.4. The summed E-state index contributed by atoms with van der Waals surface area (Å²) in [6.07, 6.45) is 3.06.